The fourth-order valence-electron chi connectivity index (χ4n) is 2.52. The first-order chi connectivity index (χ1) is 14.0. The molecule has 3 aromatic rings. The van der Waals surface area contributed by atoms with E-state index in [1.165, 1.54) is 30.5 Å². The van der Waals surface area contributed by atoms with Crippen LogP contribution in [0.15, 0.2) is 60.8 Å². The normalized spacial score (nSPS) is 10.3. The van der Waals surface area contributed by atoms with Gasteiger partial charge in [0, 0.05) is 17.4 Å². The maximum absolute atomic E-state index is 12.4. The van der Waals surface area contributed by atoms with Crippen LogP contribution in [0.25, 0.3) is 0 Å². The highest BCUT2D eigenvalue weighted by Crippen LogP contribution is 2.27. The van der Waals surface area contributed by atoms with E-state index in [1.807, 2.05) is 6.07 Å². The van der Waals surface area contributed by atoms with Crippen LogP contribution in [0.4, 0.5) is 14.5 Å². The van der Waals surface area contributed by atoms with Crippen molar-refractivity contribution in [2.45, 2.75) is 13.5 Å². The molecule has 0 unspecified atom stereocenters. The molecule has 0 aliphatic rings. The number of ether oxygens (including phenoxy) is 2. The van der Waals surface area contributed by atoms with E-state index in [9.17, 15) is 13.6 Å². The van der Waals surface area contributed by atoms with Crippen molar-refractivity contribution in [1.29, 1.82) is 5.26 Å². The van der Waals surface area contributed by atoms with E-state index in [2.05, 4.69) is 15.0 Å². The molecule has 0 radical (unpaired) electrons. The maximum atomic E-state index is 12.4. The summed E-state index contributed by atoms with van der Waals surface area (Å²) in [7, 11) is 0. The largest absolute Gasteiger partial charge is 0.438 e. The average Bonchev–Trinajstić information content (AvgIpc) is 2.70. The van der Waals surface area contributed by atoms with E-state index in [0.29, 0.717) is 22.6 Å². The zero-order valence-corrected chi connectivity index (χ0v) is 15.2. The molecule has 1 amide bonds. The van der Waals surface area contributed by atoms with E-state index in [4.69, 9.17) is 10.00 Å². The van der Waals surface area contributed by atoms with Gasteiger partial charge in [0.2, 0.25) is 5.88 Å². The minimum atomic E-state index is -2.97. The number of pyridine rings is 1. The van der Waals surface area contributed by atoms with Gasteiger partial charge in [-0.2, -0.15) is 14.0 Å². The SMILES string of the molecule is Cc1cc(Oc2ncccc2C#N)ccc1NC(=O)c1cccc(OC(F)F)c1. The van der Waals surface area contributed by atoms with Gasteiger partial charge in [0.15, 0.2) is 0 Å². The molecule has 0 atom stereocenters. The van der Waals surface area contributed by atoms with Crippen molar-refractivity contribution in [2.24, 2.45) is 0 Å². The number of hydrogen-bond acceptors (Lipinski definition) is 5. The lowest BCUT2D eigenvalue weighted by molar-refractivity contribution is -0.0498. The van der Waals surface area contributed by atoms with Crippen molar-refractivity contribution in [1.82, 2.24) is 4.98 Å². The summed E-state index contributed by atoms with van der Waals surface area (Å²) < 4.78 is 34.6. The Morgan fingerprint density at radius 1 is 1.14 bits per heavy atom. The number of rotatable bonds is 6. The zero-order valence-electron chi connectivity index (χ0n) is 15.2. The highest BCUT2D eigenvalue weighted by molar-refractivity contribution is 6.04. The predicted octanol–water partition coefficient (Wildman–Crippen LogP) is 4.91. The third-order valence-corrected chi connectivity index (χ3v) is 3.87. The molecule has 1 N–H and O–H groups in total. The molecule has 0 bridgehead atoms. The molecule has 0 aliphatic carbocycles. The fourth-order valence-corrected chi connectivity index (χ4v) is 2.52. The van der Waals surface area contributed by atoms with Gasteiger partial charge in [0.25, 0.3) is 5.91 Å². The highest BCUT2D eigenvalue weighted by Gasteiger charge is 2.12. The van der Waals surface area contributed by atoms with Crippen LogP contribution in [0.1, 0.15) is 21.5 Å². The molecule has 0 saturated heterocycles. The smallest absolute Gasteiger partial charge is 0.387 e. The summed E-state index contributed by atoms with van der Waals surface area (Å²) >= 11 is 0. The first kappa shape index (κ1) is 19.8. The number of alkyl halides is 2. The summed E-state index contributed by atoms with van der Waals surface area (Å²) in [6.45, 7) is -1.20. The molecule has 0 aliphatic heterocycles. The Bertz CT molecular complexity index is 1080. The summed E-state index contributed by atoms with van der Waals surface area (Å²) in [4.78, 5) is 16.5. The van der Waals surface area contributed by atoms with Crippen LogP contribution in [-0.4, -0.2) is 17.5 Å². The number of nitriles is 1. The number of carbonyl (C=O) groups excluding carboxylic acids is 1. The number of carbonyl (C=O) groups is 1. The first-order valence-electron chi connectivity index (χ1n) is 8.46. The van der Waals surface area contributed by atoms with Gasteiger partial charge < -0.3 is 14.8 Å². The van der Waals surface area contributed by atoms with Crippen molar-refractivity contribution in [3.63, 3.8) is 0 Å². The van der Waals surface area contributed by atoms with E-state index in [1.54, 1.807) is 37.3 Å². The minimum Gasteiger partial charge on any atom is -0.438 e. The average molecular weight is 395 g/mol. The molecule has 3 rings (SSSR count). The number of benzene rings is 2. The number of aromatic nitrogens is 1. The summed E-state index contributed by atoms with van der Waals surface area (Å²) in [5, 5.41) is 11.8. The van der Waals surface area contributed by atoms with Crippen LogP contribution in [0, 0.1) is 18.3 Å². The van der Waals surface area contributed by atoms with E-state index < -0.39 is 12.5 Å². The number of anilines is 1. The minimum absolute atomic E-state index is 0.100. The molecule has 146 valence electrons. The second kappa shape index (κ2) is 8.80. The summed E-state index contributed by atoms with van der Waals surface area (Å²) in [5.41, 5.74) is 1.69. The quantitative estimate of drug-likeness (QED) is 0.641. The molecule has 6 nitrogen and oxygen atoms in total. The third kappa shape index (κ3) is 5.05. The molecule has 0 saturated carbocycles. The van der Waals surface area contributed by atoms with E-state index >= 15 is 0 Å². The van der Waals surface area contributed by atoms with Gasteiger partial charge in [-0.1, -0.05) is 6.07 Å². The van der Waals surface area contributed by atoms with Crippen molar-refractivity contribution < 1.29 is 23.0 Å². The monoisotopic (exact) mass is 395 g/mol. The summed E-state index contributed by atoms with van der Waals surface area (Å²) in [6.07, 6.45) is 1.52. The summed E-state index contributed by atoms with van der Waals surface area (Å²) in [6, 6.07) is 15.7. The Hall–Kier alpha value is -3.99. The van der Waals surface area contributed by atoms with Crippen LogP contribution < -0.4 is 14.8 Å². The Morgan fingerprint density at radius 2 is 1.97 bits per heavy atom. The number of nitrogens with one attached hydrogen (secondary N) is 1. The molecular weight excluding hydrogens is 380 g/mol. The highest BCUT2D eigenvalue weighted by atomic mass is 19.3. The molecule has 1 heterocycles. The molecule has 2 aromatic carbocycles. The Morgan fingerprint density at radius 3 is 2.69 bits per heavy atom. The topological polar surface area (TPSA) is 84.2 Å². The first-order valence-corrected chi connectivity index (χ1v) is 8.46. The number of nitrogens with zero attached hydrogens (tertiary/aromatic N) is 2. The molecule has 0 fully saturated rings. The third-order valence-electron chi connectivity index (χ3n) is 3.87. The molecule has 1 aromatic heterocycles. The van der Waals surface area contributed by atoms with Crippen LogP contribution in [0.2, 0.25) is 0 Å². The fraction of sp³-hybridized carbons (Fsp3) is 0.0952. The van der Waals surface area contributed by atoms with Crippen molar-refractivity contribution in [2.75, 3.05) is 5.32 Å². The lowest BCUT2D eigenvalue weighted by Gasteiger charge is -2.12. The van der Waals surface area contributed by atoms with Crippen LogP contribution in [0.5, 0.6) is 17.4 Å². The lowest BCUT2D eigenvalue weighted by Crippen LogP contribution is -2.13. The van der Waals surface area contributed by atoms with Crippen LogP contribution in [-0.2, 0) is 0 Å². The van der Waals surface area contributed by atoms with Crippen molar-refractivity contribution in [3.05, 3.63) is 77.5 Å². The molecule has 8 heteroatoms. The number of halogens is 2. The van der Waals surface area contributed by atoms with Crippen LogP contribution in [0.3, 0.4) is 0 Å². The molecule has 0 spiro atoms. The standard InChI is InChI=1S/C21H15F2N3O3/c1-13-10-17(28-20-15(12-24)5-3-9-25-20)7-8-18(13)26-19(27)14-4-2-6-16(11-14)29-21(22)23/h2-11,21H,1H3,(H,26,27). The van der Waals surface area contributed by atoms with Gasteiger partial charge in [-0.3, -0.25) is 4.79 Å². The van der Waals surface area contributed by atoms with Gasteiger partial charge in [0.1, 0.15) is 23.1 Å². The van der Waals surface area contributed by atoms with Gasteiger partial charge >= 0.3 is 6.61 Å². The Labute approximate surface area is 165 Å². The number of aryl methyl sites for hydroxylation is 1. The maximum Gasteiger partial charge on any atom is 0.387 e. The molecule has 29 heavy (non-hydrogen) atoms. The van der Waals surface area contributed by atoms with E-state index in [0.717, 1.165) is 0 Å². The number of amides is 1. The second-order valence-electron chi connectivity index (χ2n) is 5.91. The Kier molecular flexibility index (Phi) is 6.00. The van der Waals surface area contributed by atoms with Crippen molar-refractivity contribution in [3.8, 4) is 23.4 Å². The second-order valence-corrected chi connectivity index (χ2v) is 5.91. The Balaban J connectivity index is 1.74. The van der Waals surface area contributed by atoms with Gasteiger partial charge in [-0.15, -0.1) is 0 Å². The van der Waals surface area contributed by atoms with Gasteiger partial charge in [0.05, 0.1) is 0 Å². The van der Waals surface area contributed by atoms with Gasteiger partial charge in [-0.25, -0.2) is 4.98 Å². The van der Waals surface area contributed by atoms with Crippen LogP contribution >= 0.6 is 0 Å². The zero-order chi connectivity index (χ0) is 20.8. The van der Waals surface area contributed by atoms with Crippen molar-refractivity contribution >= 4 is 11.6 Å². The van der Waals surface area contributed by atoms with E-state index in [-0.39, 0.29) is 17.2 Å². The molecular formula is C21H15F2N3O3. The summed E-state index contributed by atoms with van der Waals surface area (Å²) in [5.74, 6) is 0.0554. The lowest BCUT2D eigenvalue weighted by atomic mass is 10.1. The van der Waals surface area contributed by atoms with Gasteiger partial charge in [-0.05, 0) is 61.0 Å². The predicted molar refractivity (Wildman–Crippen MR) is 101 cm³/mol. The number of hydrogen-bond donors (Lipinski definition) is 1.